The second-order valence-electron chi connectivity index (χ2n) is 8.46. The number of amides is 3. The van der Waals surface area contributed by atoms with Crippen molar-refractivity contribution in [3.8, 4) is 0 Å². The molecule has 7 nitrogen and oxygen atoms in total. The number of aryl methyl sites for hydroxylation is 1. The molecule has 2 aromatic rings. The number of anilines is 1. The Hall–Kier alpha value is -2.97. The van der Waals surface area contributed by atoms with Gasteiger partial charge in [-0.3, -0.25) is 19.9 Å². The van der Waals surface area contributed by atoms with Gasteiger partial charge in [0.1, 0.15) is 24.3 Å². The van der Waals surface area contributed by atoms with Crippen LogP contribution in [0, 0.1) is 12.7 Å². The third-order valence-corrected chi connectivity index (χ3v) is 6.49. The molecule has 162 valence electrons. The summed E-state index contributed by atoms with van der Waals surface area (Å²) in [5.74, 6) is -0.698. The van der Waals surface area contributed by atoms with Gasteiger partial charge in [0.15, 0.2) is 0 Å². The molecular weight excluding hydrogens is 397 g/mol. The smallest absolute Gasteiger partial charge is 0.328 e. The number of carbonyl (C=O) groups excluding carboxylic acids is 2. The Morgan fingerprint density at radius 2 is 1.90 bits per heavy atom. The highest BCUT2D eigenvalue weighted by molar-refractivity contribution is 6.00. The van der Waals surface area contributed by atoms with E-state index in [4.69, 9.17) is 0 Å². The monoisotopic (exact) mass is 423 g/mol. The second-order valence-corrected chi connectivity index (χ2v) is 8.46. The first-order valence-electron chi connectivity index (χ1n) is 10.6. The SMILES string of the molecule is Cc1cccc(N2CCCN3C4C(=O)N(Cc5ccccc5F)C(=O)N(C)C4NC23)c1. The van der Waals surface area contributed by atoms with E-state index in [1.807, 2.05) is 6.07 Å². The van der Waals surface area contributed by atoms with Gasteiger partial charge in [0, 0.05) is 31.4 Å². The highest BCUT2D eigenvalue weighted by Gasteiger charge is 2.56. The van der Waals surface area contributed by atoms with Crippen LogP contribution in [0.15, 0.2) is 48.5 Å². The van der Waals surface area contributed by atoms with E-state index in [1.54, 1.807) is 30.1 Å². The summed E-state index contributed by atoms with van der Waals surface area (Å²) >= 11 is 0. The number of fused-ring (bicyclic) bond motifs is 3. The number of carbonyl (C=O) groups is 2. The quantitative estimate of drug-likeness (QED) is 0.821. The molecule has 0 aromatic heterocycles. The van der Waals surface area contributed by atoms with Crippen molar-refractivity contribution in [1.82, 2.24) is 20.0 Å². The van der Waals surface area contributed by atoms with Gasteiger partial charge in [0.05, 0.1) is 6.54 Å². The van der Waals surface area contributed by atoms with Gasteiger partial charge in [-0.05, 0) is 37.1 Å². The summed E-state index contributed by atoms with van der Waals surface area (Å²) in [6.45, 7) is 3.60. The number of rotatable bonds is 3. The summed E-state index contributed by atoms with van der Waals surface area (Å²) in [6.07, 6.45) is 0.304. The van der Waals surface area contributed by atoms with Crippen LogP contribution in [0.4, 0.5) is 14.9 Å². The molecule has 0 bridgehead atoms. The number of halogens is 1. The average molecular weight is 423 g/mol. The van der Waals surface area contributed by atoms with Crippen molar-refractivity contribution in [2.75, 3.05) is 25.0 Å². The summed E-state index contributed by atoms with van der Waals surface area (Å²) in [6, 6.07) is 13.6. The van der Waals surface area contributed by atoms with E-state index in [0.29, 0.717) is 5.56 Å². The number of likely N-dealkylation sites (N-methyl/N-ethyl adjacent to an activating group) is 1. The van der Waals surface area contributed by atoms with Crippen LogP contribution in [0.2, 0.25) is 0 Å². The van der Waals surface area contributed by atoms with E-state index < -0.39 is 24.1 Å². The largest absolute Gasteiger partial charge is 0.343 e. The molecule has 3 aliphatic heterocycles. The third-order valence-electron chi connectivity index (χ3n) is 6.49. The lowest BCUT2D eigenvalue weighted by Gasteiger charge is -2.44. The van der Waals surface area contributed by atoms with Crippen LogP contribution < -0.4 is 10.2 Å². The number of nitrogens with one attached hydrogen (secondary N) is 1. The number of hydrogen-bond donors (Lipinski definition) is 1. The van der Waals surface area contributed by atoms with Gasteiger partial charge in [-0.25, -0.2) is 9.18 Å². The molecule has 5 rings (SSSR count). The van der Waals surface area contributed by atoms with Gasteiger partial charge in [0.25, 0.3) is 5.91 Å². The van der Waals surface area contributed by atoms with Crippen molar-refractivity contribution in [2.24, 2.45) is 0 Å². The first-order chi connectivity index (χ1) is 15.0. The molecular formula is C23H26FN5O2. The Morgan fingerprint density at radius 1 is 1.10 bits per heavy atom. The summed E-state index contributed by atoms with van der Waals surface area (Å²) in [7, 11) is 1.70. The number of benzene rings is 2. The Kier molecular flexibility index (Phi) is 4.91. The molecule has 0 radical (unpaired) electrons. The average Bonchev–Trinajstić information content (AvgIpc) is 3.16. The molecule has 3 unspecified atom stereocenters. The first kappa shape index (κ1) is 20.0. The molecule has 0 spiro atoms. The summed E-state index contributed by atoms with van der Waals surface area (Å²) in [4.78, 5) is 33.7. The number of hydrogen-bond acceptors (Lipinski definition) is 5. The minimum Gasteiger partial charge on any atom is -0.343 e. The third kappa shape index (κ3) is 3.26. The number of imide groups is 1. The Labute approximate surface area is 181 Å². The lowest BCUT2D eigenvalue weighted by Crippen LogP contribution is -2.66. The van der Waals surface area contributed by atoms with Crippen molar-refractivity contribution in [1.29, 1.82) is 0 Å². The summed E-state index contributed by atoms with van der Waals surface area (Å²) in [5, 5.41) is 3.50. The van der Waals surface area contributed by atoms with Crippen molar-refractivity contribution in [2.45, 2.75) is 38.4 Å². The zero-order chi connectivity index (χ0) is 21.7. The Balaban J connectivity index is 1.45. The van der Waals surface area contributed by atoms with Crippen LogP contribution >= 0.6 is 0 Å². The van der Waals surface area contributed by atoms with Gasteiger partial charge < -0.3 is 9.80 Å². The van der Waals surface area contributed by atoms with E-state index in [9.17, 15) is 14.0 Å². The molecule has 2 aromatic carbocycles. The normalized spacial score (nSPS) is 26.3. The predicted molar refractivity (Wildman–Crippen MR) is 114 cm³/mol. The van der Waals surface area contributed by atoms with Crippen LogP contribution in [-0.4, -0.2) is 65.3 Å². The fourth-order valence-corrected chi connectivity index (χ4v) is 4.93. The molecule has 3 aliphatic rings. The van der Waals surface area contributed by atoms with E-state index in [0.717, 1.165) is 25.2 Å². The van der Waals surface area contributed by atoms with Gasteiger partial charge in [-0.15, -0.1) is 0 Å². The zero-order valence-electron chi connectivity index (χ0n) is 17.7. The van der Waals surface area contributed by atoms with Crippen LogP contribution in [0.5, 0.6) is 0 Å². The lowest BCUT2D eigenvalue weighted by molar-refractivity contribution is -0.139. The Morgan fingerprint density at radius 3 is 2.68 bits per heavy atom. The van der Waals surface area contributed by atoms with E-state index in [-0.39, 0.29) is 18.7 Å². The molecule has 3 saturated heterocycles. The van der Waals surface area contributed by atoms with Gasteiger partial charge in [0.2, 0.25) is 0 Å². The van der Waals surface area contributed by atoms with Crippen LogP contribution in [0.1, 0.15) is 17.5 Å². The van der Waals surface area contributed by atoms with E-state index in [2.05, 4.69) is 40.2 Å². The summed E-state index contributed by atoms with van der Waals surface area (Å²) < 4.78 is 14.2. The molecule has 3 heterocycles. The highest BCUT2D eigenvalue weighted by atomic mass is 19.1. The zero-order valence-corrected chi connectivity index (χ0v) is 17.7. The standard InChI is InChI=1S/C23H26FN5O2/c1-15-7-5-9-17(13-15)27-11-6-12-28-19-20(25-22(27)28)26(2)23(31)29(21(19)30)14-16-8-3-4-10-18(16)24/h3-5,7-10,13,19-20,22,25H,6,11-12,14H2,1-2H3. The molecule has 0 saturated carbocycles. The highest BCUT2D eigenvalue weighted by Crippen LogP contribution is 2.33. The molecule has 3 fully saturated rings. The molecule has 3 amide bonds. The number of urea groups is 1. The van der Waals surface area contributed by atoms with Gasteiger partial charge >= 0.3 is 6.03 Å². The fourth-order valence-electron chi connectivity index (χ4n) is 4.93. The maximum absolute atomic E-state index is 14.2. The fraction of sp³-hybridized carbons (Fsp3) is 0.391. The maximum atomic E-state index is 14.2. The van der Waals surface area contributed by atoms with Gasteiger partial charge in [-0.2, -0.15) is 0 Å². The summed E-state index contributed by atoms with van der Waals surface area (Å²) in [5.41, 5.74) is 2.59. The molecule has 31 heavy (non-hydrogen) atoms. The van der Waals surface area contributed by atoms with Crippen LogP contribution in [0.25, 0.3) is 0 Å². The predicted octanol–water partition coefficient (Wildman–Crippen LogP) is 2.32. The van der Waals surface area contributed by atoms with Crippen molar-refractivity contribution >= 4 is 17.6 Å². The molecule has 1 N–H and O–H groups in total. The maximum Gasteiger partial charge on any atom is 0.328 e. The van der Waals surface area contributed by atoms with Crippen LogP contribution in [-0.2, 0) is 11.3 Å². The van der Waals surface area contributed by atoms with Crippen molar-refractivity contribution in [3.63, 3.8) is 0 Å². The first-order valence-corrected chi connectivity index (χ1v) is 10.6. The van der Waals surface area contributed by atoms with Crippen molar-refractivity contribution < 1.29 is 14.0 Å². The van der Waals surface area contributed by atoms with Gasteiger partial charge in [-0.1, -0.05) is 30.3 Å². The topological polar surface area (TPSA) is 59.1 Å². The van der Waals surface area contributed by atoms with E-state index >= 15 is 0 Å². The number of nitrogens with zero attached hydrogens (tertiary/aromatic N) is 4. The van der Waals surface area contributed by atoms with Crippen molar-refractivity contribution in [3.05, 3.63) is 65.5 Å². The molecule has 3 atom stereocenters. The minimum atomic E-state index is -0.507. The second kappa shape index (κ2) is 7.62. The van der Waals surface area contributed by atoms with E-state index in [1.165, 1.54) is 16.5 Å². The van der Waals surface area contributed by atoms with Crippen LogP contribution in [0.3, 0.4) is 0 Å². The lowest BCUT2D eigenvalue weighted by atomic mass is 10.1. The molecule has 8 heteroatoms. The minimum absolute atomic E-state index is 0.0714. The Bertz CT molecular complexity index is 1030. The molecule has 0 aliphatic carbocycles.